The first-order valence-corrected chi connectivity index (χ1v) is 7.13. The van der Waals surface area contributed by atoms with Crippen molar-refractivity contribution in [2.75, 3.05) is 5.32 Å². The number of nitro groups is 1. The van der Waals surface area contributed by atoms with Crippen molar-refractivity contribution in [1.82, 2.24) is 0 Å². The highest BCUT2D eigenvalue weighted by Gasteiger charge is 2.18. The van der Waals surface area contributed by atoms with E-state index in [-0.39, 0.29) is 10.7 Å². The van der Waals surface area contributed by atoms with Crippen molar-refractivity contribution in [2.45, 2.75) is 11.1 Å². The van der Waals surface area contributed by atoms with Crippen LogP contribution in [0.3, 0.4) is 0 Å². The van der Waals surface area contributed by atoms with E-state index in [1.165, 1.54) is 30.3 Å². The summed E-state index contributed by atoms with van der Waals surface area (Å²) in [6.07, 6.45) is -1.32. The zero-order valence-corrected chi connectivity index (χ0v) is 11.3. The molecule has 1 atom stereocenters. The molecular weight excluding hydrogens is 302 g/mol. The number of nitrogens with two attached hydrogens (primary N) is 1. The van der Waals surface area contributed by atoms with Crippen LogP contribution in [0.2, 0.25) is 0 Å². The molecular formula is C11H11N3O6S. The zero-order valence-electron chi connectivity index (χ0n) is 10.5. The van der Waals surface area contributed by atoms with Gasteiger partial charge in [0.25, 0.3) is 0 Å². The summed E-state index contributed by atoms with van der Waals surface area (Å²) in [6.45, 7) is 0. The van der Waals surface area contributed by atoms with Gasteiger partial charge in [-0.2, -0.15) is 0 Å². The first-order chi connectivity index (χ1) is 9.77. The first kappa shape index (κ1) is 15.0. The molecule has 10 heteroatoms. The molecule has 1 heterocycles. The number of aliphatic hydroxyl groups excluding tert-OH is 1. The number of aliphatic hydroxyl groups is 1. The Bertz CT molecular complexity index is 753. The molecule has 0 saturated carbocycles. The molecule has 4 N–H and O–H groups in total. The van der Waals surface area contributed by atoms with E-state index < -0.39 is 27.1 Å². The Morgan fingerprint density at radius 1 is 1.24 bits per heavy atom. The van der Waals surface area contributed by atoms with E-state index >= 15 is 0 Å². The molecule has 0 spiro atoms. The van der Waals surface area contributed by atoms with E-state index in [0.717, 1.165) is 6.07 Å². The van der Waals surface area contributed by atoms with Crippen molar-refractivity contribution in [2.24, 2.45) is 5.14 Å². The Kier molecular flexibility index (Phi) is 3.93. The molecule has 2 aromatic rings. The van der Waals surface area contributed by atoms with Crippen molar-refractivity contribution < 1.29 is 22.9 Å². The Balaban J connectivity index is 2.12. The average molecular weight is 313 g/mol. The highest BCUT2D eigenvalue weighted by atomic mass is 32.2. The quantitative estimate of drug-likeness (QED) is 0.422. The second-order valence-corrected chi connectivity index (χ2v) is 5.61. The summed E-state index contributed by atoms with van der Waals surface area (Å²) in [6, 6.07) is 7.67. The van der Waals surface area contributed by atoms with Crippen molar-refractivity contribution in [3.05, 3.63) is 52.3 Å². The molecule has 0 bridgehead atoms. The molecule has 9 nitrogen and oxygen atoms in total. The number of hydrogen-bond donors (Lipinski definition) is 3. The second-order valence-electron chi connectivity index (χ2n) is 4.05. The van der Waals surface area contributed by atoms with Crippen molar-refractivity contribution in [1.29, 1.82) is 0 Å². The molecule has 2 rings (SSSR count). The number of anilines is 1. The summed E-state index contributed by atoms with van der Waals surface area (Å²) in [5.74, 6) is -0.535. The normalized spacial score (nSPS) is 12.9. The molecule has 0 saturated heterocycles. The van der Waals surface area contributed by atoms with Gasteiger partial charge in [0.1, 0.15) is 4.92 Å². The molecule has 0 radical (unpaired) electrons. The first-order valence-electron chi connectivity index (χ1n) is 5.59. The molecule has 0 fully saturated rings. The molecule has 1 unspecified atom stereocenters. The fraction of sp³-hybridized carbons (Fsp3) is 0.0909. The predicted octanol–water partition coefficient (Wildman–Crippen LogP) is 0.938. The molecule has 0 amide bonds. The third-order valence-electron chi connectivity index (χ3n) is 2.55. The van der Waals surface area contributed by atoms with E-state index in [2.05, 4.69) is 5.32 Å². The van der Waals surface area contributed by atoms with Gasteiger partial charge in [-0.05, 0) is 30.3 Å². The van der Waals surface area contributed by atoms with Gasteiger partial charge in [0.2, 0.25) is 10.0 Å². The maximum atomic E-state index is 11.1. The molecule has 0 aliphatic carbocycles. The Labute approximate surface area is 119 Å². The predicted molar refractivity (Wildman–Crippen MR) is 71.8 cm³/mol. The lowest BCUT2D eigenvalue weighted by Gasteiger charge is -2.11. The van der Waals surface area contributed by atoms with Crippen LogP contribution < -0.4 is 10.5 Å². The number of furan rings is 1. The monoisotopic (exact) mass is 313 g/mol. The van der Waals surface area contributed by atoms with Crippen LogP contribution in [0.25, 0.3) is 0 Å². The smallest absolute Gasteiger partial charge is 0.401 e. The number of nitrogens with zero attached hydrogens (tertiary/aromatic N) is 1. The number of nitrogens with one attached hydrogen (secondary N) is 1. The number of rotatable bonds is 5. The molecule has 0 aliphatic rings. The Morgan fingerprint density at radius 2 is 1.86 bits per heavy atom. The van der Waals surface area contributed by atoms with Gasteiger partial charge in [0.05, 0.1) is 11.0 Å². The fourth-order valence-corrected chi connectivity index (χ4v) is 2.07. The summed E-state index contributed by atoms with van der Waals surface area (Å²) >= 11 is 0. The SMILES string of the molecule is NS(=O)(=O)c1ccc(NC(O)c2ccc([N+](=O)[O-])o2)cc1. The maximum absolute atomic E-state index is 11.1. The molecule has 21 heavy (non-hydrogen) atoms. The van der Waals surface area contributed by atoms with Crippen molar-refractivity contribution >= 4 is 21.6 Å². The summed E-state index contributed by atoms with van der Waals surface area (Å²) in [5.41, 5.74) is 0.383. The topological polar surface area (TPSA) is 149 Å². The Morgan fingerprint density at radius 3 is 2.33 bits per heavy atom. The minimum atomic E-state index is -3.79. The highest BCUT2D eigenvalue weighted by Crippen LogP contribution is 2.23. The van der Waals surface area contributed by atoms with Crippen molar-refractivity contribution in [3.63, 3.8) is 0 Å². The van der Waals surface area contributed by atoms with E-state index in [4.69, 9.17) is 9.56 Å². The second kappa shape index (κ2) is 5.52. The lowest BCUT2D eigenvalue weighted by Crippen LogP contribution is -2.12. The summed E-state index contributed by atoms with van der Waals surface area (Å²) < 4.78 is 27.0. The number of benzene rings is 1. The van der Waals surface area contributed by atoms with E-state index in [9.17, 15) is 23.6 Å². The summed E-state index contributed by atoms with van der Waals surface area (Å²) in [5, 5.41) is 27.8. The van der Waals surface area contributed by atoms with Crippen LogP contribution in [0.4, 0.5) is 11.6 Å². The van der Waals surface area contributed by atoms with E-state index in [1.807, 2.05) is 0 Å². The van der Waals surface area contributed by atoms with Gasteiger partial charge in [0, 0.05) is 5.69 Å². The van der Waals surface area contributed by atoms with E-state index in [1.54, 1.807) is 0 Å². The molecule has 0 aliphatic heterocycles. The van der Waals surface area contributed by atoms with Crippen LogP contribution in [0.15, 0.2) is 45.7 Å². The largest absolute Gasteiger partial charge is 0.433 e. The summed E-state index contributed by atoms with van der Waals surface area (Å²) in [7, 11) is -3.79. The van der Waals surface area contributed by atoms with Gasteiger partial charge in [-0.25, -0.2) is 13.6 Å². The van der Waals surface area contributed by atoms with E-state index in [0.29, 0.717) is 5.69 Å². The minimum Gasteiger partial charge on any atom is -0.401 e. The van der Waals surface area contributed by atoms with Crippen molar-refractivity contribution in [3.8, 4) is 0 Å². The van der Waals surface area contributed by atoms with Gasteiger partial charge < -0.3 is 14.8 Å². The lowest BCUT2D eigenvalue weighted by atomic mass is 10.3. The van der Waals surface area contributed by atoms with Gasteiger partial charge in [-0.15, -0.1) is 0 Å². The van der Waals surface area contributed by atoms with Crippen LogP contribution in [0, 0.1) is 10.1 Å². The fourth-order valence-electron chi connectivity index (χ4n) is 1.56. The van der Waals surface area contributed by atoms with Gasteiger partial charge in [-0.1, -0.05) is 0 Å². The van der Waals surface area contributed by atoms with Gasteiger partial charge in [0.15, 0.2) is 12.0 Å². The molecule has 1 aromatic heterocycles. The Hall–Kier alpha value is -2.43. The van der Waals surface area contributed by atoms with Crippen LogP contribution in [-0.4, -0.2) is 18.4 Å². The van der Waals surface area contributed by atoms with Crippen LogP contribution >= 0.6 is 0 Å². The summed E-state index contributed by atoms with van der Waals surface area (Å²) in [4.78, 5) is 9.67. The third-order valence-corrected chi connectivity index (χ3v) is 3.48. The highest BCUT2D eigenvalue weighted by molar-refractivity contribution is 7.89. The zero-order chi connectivity index (χ0) is 15.6. The van der Waals surface area contributed by atoms with Gasteiger partial charge in [-0.3, -0.25) is 10.1 Å². The minimum absolute atomic E-state index is 0.0442. The number of primary sulfonamides is 1. The third kappa shape index (κ3) is 3.56. The van der Waals surface area contributed by atoms with Crippen LogP contribution in [-0.2, 0) is 10.0 Å². The lowest BCUT2D eigenvalue weighted by molar-refractivity contribution is -0.402. The molecule has 1 aromatic carbocycles. The average Bonchev–Trinajstić information content (AvgIpc) is 2.88. The van der Waals surface area contributed by atoms with Crippen LogP contribution in [0.5, 0.6) is 0 Å². The number of sulfonamides is 1. The van der Waals surface area contributed by atoms with Crippen LogP contribution in [0.1, 0.15) is 12.0 Å². The molecule has 112 valence electrons. The van der Waals surface area contributed by atoms with Gasteiger partial charge >= 0.3 is 5.88 Å². The number of hydrogen-bond acceptors (Lipinski definition) is 7. The standard InChI is InChI=1S/C11H11N3O6S/c12-21(18,19)8-3-1-7(2-4-8)13-11(15)9-5-6-10(20-9)14(16)17/h1-6,11,13,15H,(H2,12,18,19). The maximum Gasteiger partial charge on any atom is 0.433 e.